The van der Waals surface area contributed by atoms with Gasteiger partial charge in [0.25, 0.3) is 0 Å². The lowest BCUT2D eigenvalue weighted by atomic mass is 10.3. The molecule has 0 spiro atoms. The number of aromatic nitrogens is 2. The van der Waals surface area contributed by atoms with Crippen molar-refractivity contribution in [2.45, 2.75) is 26.8 Å². The van der Waals surface area contributed by atoms with E-state index in [2.05, 4.69) is 32.6 Å². The molecule has 1 heterocycles. The van der Waals surface area contributed by atoms with Gasteiger partial charge in [-0.3, -0.25) is 4.79 Å². The van der Waals surface area contributed by atoms with Gasteiger partial charge in [0, 0.05) is 22.0 Å². The average Bonchev–Trinajstić information content (AvgIpc) is 2.27. The maximum Gasteiger partial charge on any atom is 0.325 e. The molecule has 17 heavy (non-hydrogen) atoms. The van der Waals surface area contributed by atoms with Crippen LogP contribution in [0.1, 0.15) is 20.8 Å². The molecule has 0 aromatic carbocycles. The van der Waals surface area contributed by atoms with Crippen LogP contribution in [0.15, 0.2) is 12.4 Å². The van der Waals surface area contributed by atoms with Gasteiger partial charge >= 0.3 is 5.97 Å². The highest BCUT2D eigenvalue weighted by Gasteiger charge is 2.17. The quantitative estimate of drug-likeness (QED) is 0.600. The molecule has 0 aliphatic heterocycles. The van der Waals surface area contributed by atoms with Gasteiger partial charge in [-0.15, -0.1) is 0 Å². The Morgan fingerprint density at radius 2 is 2.06 bits per heavy atom. The zero-order valence-corrected chi connectivity index (χ0v) is 12.3. The van der Waals surface area contributed by atoms with Crippen molar-refractivity contribution in [2.75, 3.05) is 18.1 Å². The molecule has 0 unspecified atom stereocenters. The molecule has 5 nitrogen and oxygen atoms in total. The molecular formula is C11H16IN3O2. The molecule has 0 atom stereocenters. The summed E-state index contributed by atoms with van der Waals surface area (Å²) in [5, 5.41) is 0. The zero-order valence-electron chi connectivity index (χ0n) is 10.2. The number of esters is 1. The SMILES string of the molecule is CCOC(=O)CN(c1ncc(I)cn1)C(C)C. The van der Waals surface area contributed by atoms with Gasteiger partial charge in [-0.25, -0.2) is 9.97 Å². The number of rotatable bonds is 5. The summed E-state index contributed by atoms with van der Waals surface area (Å²) in [6.45, 7) is 6.32. The maximum absolute atomic E-state index is 11.5. The van der Waals surface area contributed by atoms with Gasteiger partial charge in [0.1, 0.15) is 6.54 Å². The molecular weight excluding hydrogens is 333 g/mol. The minimum absolute atomic E-state index is 0.138. The van der Waals surface area contributed by atoms with Crippen molar-refractivity contribution in [2.24, 2.45) is 0 Å². The van der Waals surface area contributed by atoms with Crippen LogP contribution in [-0.2, 0) is 9.53 Å². The Kier molecular flexibility index (Phi) is 5.60. The largest absolute Gasteiger partial charge is 0.465 e. The first-order chi connectivity index (χ1) is 8.04. The van der Waals surface area contributed by atoms with Crippen LogP contribution in [0.5, 0.6) is 0 Å². The van der Waals surface area contributed by atoms with Gasteiger partial charge in [-0.05, 0) is 43.4 Å². The highest BCUT2D eigenvalue weighted by atomic mass is 127. The summed E-state index contributed by atoms with van der Waals surface area (Å²) in [5.41, 5.74) is 0. The van der Waals surface area contributed by atoms with E-state index in [9.17, 15) is 4.79 Å². The zero-order chi connectivity index (χ0) is 12.8. The molecule has 1 aromatic heterocycles. The molecule has 0 fully saturated rings. The van der Waals surface area contributed by atoms with Gasteiger partial charge in [0.15, 0.2) is 0 Å². The fraction of sp³-hybridized carbons (Fsp3) is 0.545. The third-order valence-electron chi connectivity index (χ3n) is 2.09. The number of carbonyl (C=O) groups is 1. The molecule has 0 bridgehead atoms. The lowest BCUT2D eigenvalue weighted by molar-refractivity contribution is -0.141. The first kappa shape index (κ1) is 14.1. The Morgan fingerprint density at radius 1 is 1.47 bits per heavy atom. The molecule has 94 valence electrons. The Balaban J connectivity index is 2.79. The van der Waals surface area contributed by atoms with Crippen molar-refractivity contribution in [3.63, 3.8) is 0 Å². The van der Waals surface area contributed by atoms with Crippen LogP contribution in [0.3, 0.4) is 0 Å². The molecule has 0 aliphatic carbocycles. The standard InChI is InChI=1S/C11H16IN3O2/c1-4-17-10(16)7-15(8(2)3)11-13-5-9(12)6-14-11/h5-6,8H,4,7H2,1-3H3. The van der Waals surface area contributed by atoms with Gasteiger partial charge in [-0.2, -0.15) is 0 Å². The smallest absolute Gasteiger partial charge is 0.325 e. The predicted molar refractivity (Wildman–Crippen MR) is 73.9 cm³/mol. The third kappa shape index (κ3) is 4.45. The van der Waals surface area contributed by atoms with E-state index in [0.717, 1.165) is 3.57 Å². The minimum Gasteiger partial charge on any atom is -0.465 e. The summed E-state index contributed by atoms with van der Waals surface area (Å²) < 4.78 is 5.89. The second-order valence-electron chi connectivity index (χ2n) is 3.73. The summed E-state index contributed by atoms with van der Waals surface area (Å²) in [5.74, 6) is 0.289. The van der Waals surface area contributed by atoms with E-state index in [-0.39, 0.29) is 18.6 Å². The number of anilines is 1. The Bertz CT molecular complexity index is 367. The van der Waals surface area contributed by atoms with E-state index in [4.69, 9.17) is 4.74 Å². The fourth-order valence-corrected chi connectivity index (χ4v) is 1.56. The van der Waals surface area contributed by atoms with Crippen molar-refractivity contribution in [1.29, 1.82) is 0 Å². The van der Waals surface area contributed by atoms with Crippen LogP contribution in [-0.4, -0.2) is 35.1 Å². The van der Waals surface area contributed by atoms with E-state index < -0.39 is 0 Å². The van der Waals surface area contributed by atoms with Crippen LogP contribution < -0.4 is 4.90 Å². The highest BCUT2D eigenvalue weighted by Crippen LogP contribution is 2.11. The molecule has 0 saturated carbocycles. The number of ether oxygens (including phenoxy) is 1. The maximum atomic E-state index is 11.5. The van der Waals surface area contributed by atoms with Crippen molar-refractivity contribution in [1.82, 2.24) is 9.97 Å². The second kappa shape index (κ2) is 6.73. The molecule has 0 aliphatic rings. The van der Waals surface area contributed by atoms with Crippen molar-refractivity contribution in [3.05, 3.63) is 16.0 Å². The fourth-order valence-electron chi connectivity index (χ4n) is 1.28. The summed E-state index contributed by atoms with van der Waals surface area (Å²) in [6, 6.07) is 0.138. The van der Waals surface area contributed by atoms with Crippen LogP contribution in [0.4, 0.5) is 5.95 Å². The van der Waals surface area contributed by atoms with Crippen molar-refractivity contribution in [3.8, 4) is 0 Å². The Morgan fingerprint density at radius 3 is 2.53 bits per heavy atom. The average molecular weight is 349 g/mol. The number of halogens is 1. The molecule has 0 N–H and O–H groups in total. The molecule has 6 heteroatoms. The third-order valence-corrected chi connectivity index (χ3v) is 2.65. The van der Waals surface area contributed by atoms with E-state index >= 15 is 0 Å². The van der Waals surface area contributed by atoms with Crippen LogP contribution in [0.25, 0.3) is 0 Å². The van der Waals surface area contributed by atoms with Crippen LogP contribution >= 0.6 is 22.6 Å². The van der Waals surface area contributed by atoms with E-state index in [1.54, 1.807) is 19.3 Å². The van der Waals surface area contributed by atoms with Crippen LogP contribution in [0.2, 0.25) is 0 Å². The van der Waals surface area contributed by atoms with Crippen LogP contribution in [0, 0.1) is 3.57 Å². The van der Waals surface area contributed by atoms with E-state index in [0.29, 0.717) is 12.6 Å². The predicted octanol–water partition coefficient (Wildman–Crippen LogP) is 1.86. The number of nitrogens with zero attached hydrogens (tertiary/aromatic N) is 3. The first-order valence-corrected chi connectivity index (χ1v) is 6.52. The topological polar surface area (TPSA) is 55.3 Å². The highest BCUT2D eigenvalue weighted by molar-refractivity contribution is 14.1. The Labute approximate surface area is 115 Å². The van der Waals surface area contributed by atoms with Crippen molar-refractivity contribution >= 4 is 34.5 Å². The normalized spacial score (nSPS) is 10.4. The molecule has 0 radical (unpaired) electrons. The minimum atomic E-state index is -0.261. The molecule has 0 saturated heterocycles. The Hall–Kier alpha value is -0.920. The van der Waals surface area contributed by atoms with Gasteiger partial charge in [-0.1, -0.05) is 0 Å². The van der Waals surface area contributed by atoms with E-state index in [1.807, 2.05) is 18.7 Å². The lowest BCUT2D eigenvalue weighted by Gasteiger charge is -2.25. The van der Waals surface area contributed by atoms with Gasteiger partial charge in [0.2, 0.25) is 5.95 Å². The monoisotopic (exact) mass is 349 g/mol. The van der Waals surface area contributed by atoms with Gasteiger partial charge in [0.05, 0.1) is 6.61 Å². The first-order valence-electron chi connectivity index (χ1n) is 5.44. The van der Waals surface area contributed by atoms with Crippen molar-refractivity contribution < 1.29 is 9.53 Å². The number of hydrogen-bond acceptors (Lipinski definition) is 5. The molecule has 1 aromatic rings. The summed E-state index contributed by atoms with van der Waals surface area (Å²) >= 11 is 2.14. The lowest BCUT2D eigenvalue weighted by Crippen LogP contribution is -2.37. The molecule has 1 rings (SSSR count). The summed E-state index contributed by atoms with van der Waals surface area (Å²) in [7, 11) is 0. The summed E-state index contributed by atoms with van der Waals surface area (Å²) in [6.07, 6.45) is 3.45. The van der Waals surface area contributed by atoms with E-state index in [1.165, 1.54) is 0 Å². The summed E-state index contributed by atoms with van der Waals surface area (Å²) in [4.78, 5) is 21.7. The molecule has 0 amide bonds. The second-order valence-corrected chi connectivity index (χ2v) is 4.97. The number of hydrogen-bond donors (Lipinski definition) is 0. The number of carbonyl (C=O) groups excluding carboxylic acids is 1. The van der Waals surface area contributed by atoms with Gasteiger partial charge < -0.3 is 9.64 Å².